The van der Waals surface area contributed by atoms with E-state index in [1.165, 1.54) is 19.3 Å². The predicted octanol–water partition coefficient (Wildman–Crippen LogP) is 2.58. The first-order valence-electron chi connectivity index (χ1n) is 7.13. The van der Waals surface area contributed by atoms with Gasteiger partial charge in [0.2, 0.25) is 0 Å². The van der Waals surface area contributed by atoms with Gasteiger partial charge in [0.25, 0.3) is 0 Å². The zero-order chi connectivity index (χ0) is 13.3. The number of nitrogens with zero attached hydrogens (tertiary/aromatic N) is 3. The fourth-order valence-corrected chi connectivity index (χ4v) is 3.16. The molecule has 2 N–H and O–H groups in total. The minimum atomic E-state index is 0.475. The van der Waals surface area contributed by atoms with Crippen LogP contribution in [0.4, 0.5) is 11.5 Å². The summed E-state index contributed by atoms with van der Waals surface area (Å²) >= 11 is 0. The van der Waals surface area contributed by atoms with Gasteiger partial charge in [-0.2, -0.15) is 5.10 Å². The van der Waals surface area contributed by atoms with Crippen LogP contribution in [0, 0.1) is 5.41 Å². The summed E-state index contributed by atoms with van der Waals surface area (Å²) in [5.41, 5.74) is 8.62. The molecule has 1 fully saturated rings. The van der Waals surface area contributed by atoms with Crippen molar-refractivity contribution in [2.75, 3.05) is 23.7 Å². The maximum Gasteiger partial charge on any atom is 0.150 e. The van der Waals surface area contributed by atoms with Gasteiger partial charge in [0.05, 0.1) is 11.4 Å². The maximum absolute atomic E-state index is 6.24. The highest BCUT2D eigenvalue weighted by Crippen LogP contribution is 2.40. The van der Waals surface area contributed by atoms with E-state index in [0.717, 1.165) is 36.7 Å². The quantitative estimate of drug-likeness (QED) is 0.893. The summed E-state index contributed by atoms with van der Waals surface area (Å²) in [5.74, 6) is 1.12. The second-order valence-corrected chi connectivity index (χ2v) is 5.54. The Bertz CT molecular complexity index is 418. The summed E-state index contributed by atoms with van der Waals surface area (Å²) in [6.45, 7) is 8.93. The number of aryl methyl sites for hydroxylation is 2. The van der Waals surface area contributed by atoms with Gasteiger partial charge in [-0.3, -0.25) is 4.68 Å². The van der Waals surface area contributed by atoms with Crippen molar-refractivity contribution in [1.29, 1.82) is 0 Å². The lowest BCUT2D eigenvalue weighted by Gasteiger charge is -2.27. The van der Waals surface area contributed by atoms with Crippen LogP contribution in [0.2, 0.25) is 0 Å². The van der Waals surface area contributed by atoms with Crippen LogP contribution in [0.15, 0.2) is 0 Å². The normalized spacial score (nSPS) is 18.6. The van der Waals surface area contributed by atoms with Crippen LogP contribution in [0.1, 0.15) is 45.7 Å². The first kappa shape index (κ1) is 13.2. The summed E-state index contributed by atoms with van der Waals surface area (Å²) in [5, 5.41) is 4.52. The third kappa shape index (κ3) is 1.98. The molecule has 0 unspecified atom stereocenters. The Kier molecular flexibility index (Phi) is 3.55. The Labute approximate surface area is 110 Å². The molecule has 1 aliphatic rings. The van der Waals surface area contributed by atoms with E-state index in [-0.39, 0.29) is 0 Å². The minimum Gasteiger partial charge on any atom is -0.394 e. The Morgan fingerprint density at radius 1 is 1.28 bits per heavy atom. The van der Waals surface area contributed by atoms with Gasteiger partial charge >= 0.3 is 0 Å². The van der Waals surface area contributed by atoms with Crippen molar-refractivity contribution >= 4 is 11.5 Å². The molecule has 0 atom stereocenters. The first-order valence-corrected chi connectivity index (χ1v) is 7.13. The summed E-state index contributed by atoms with van der Waals surface area (Å²) in [4.78, 5) is 2.43. The highest BCUT2D eigenvalue weighted by atomic mass is 15.4. The van der Waals surface area contributed by atoms with Crippen LogP contribution in [-0.4, -0.2) is 22.9 Å². The van der Waals surface area contributed by atoms with Crippen LogP contribution in [-0.2, 0) is 13.5 Å². The van der Waals surface area contributed by atoms with Gasteiger partial charge in [0, 0.05) is 20.1 Å². The lowest BCUT2D eigenvalue weighted by molar-refractivity contribution is 0.301. The number of nitrogen functional groups attached to an aromatic ring is 1. The van der Waals surface area contributed by atoms with E-state index in [1.54, 1.807) is 0 Å². The van der Waals surface area contributed by atoms with E-state index in [1.807, 2.05) is 11.7 Å². The van der Waals surface area contributed by atoms with Crippen molar-refractivity contribution in [3.05, 3.63) is 5.69 Å². The Balaban J connectivity index is 2.27. The summed E-state index contributed by atoms with van der Waals surface area (Å²) in [6, 6.07) is 0. The largest absolute Gasteiger partial charge is 0.394 e. The molecule has 0 spiro atoms. The van der Waals surface area contributed by atoms with Crippen molar-refractivity contribution in [3.8, 4) is 0 Å². The molecular weight excluding hydrogens is 224 g/mol. The van der Waals surface area contributed by atoms with Gasteiger partial charge in [-0.1, -0.05) is 20.8 Å². The molecule has 4 nitrogen and oxygen atoms in total. The predicted molar refractivity (Wildman–Crippen MR) is 76.8 cm³/mol. The molecule has 2 heterocycles. The average Bonchev–Trinajstić information content (AvgIpc) is 2.91. The molecule has 18 heavy (non-hydrogen) atoms. The van der Waals surface area contributed by atoms with Crippen molar-refractivity contribution in [2.45, 2.75) is 46.5 Å². The first-order chi connectivity index (χ1) is 8.56. The zero-order valence-corrected chi connectivity index (χ0v) is 12.2. The number of hydrogen-bond donors (Lipinski definition) is 1. The molecule has 0 saturated carbocycles. The van der Waals surface area contributed by atoms with E-state index in [9.17, 15) is 0 Å². The summed E-state index contributed by atoms with van der Waals surface area (Å²) < 4.78 is 1.95. The molecule has 0 aliphatic carbocycles. The molecule has 1 saturated heterocycles. The van der Waals surface area contributed by atoms with Crippen LogP contribution < -0.4 is 10.6 Å². The zero-order valence-electron chi connectivity index (χ0n) is 12.2. The molecule has 4 heteroatoms. The molecule has 1 aromatic heterocycles. The lowest BCUT2D eigenvalue weighted by Crippen LogP contribution is -2.28. The minimum absolute atomic E-state index is 0.475. The summed E-state index contributed by atoms with van der Waals surface area (Å²) in [7, 11) is 2.00. The molecule has 1 aliphatic heterocycles. The smallest absolute Gasteiger partial charge is 0.150 e. The van der Waals surface area contributed by atoms with Crippen LogP contribution in [0.25, 0.3) is 0 Å². The number of aromatic nitrogens is 2. The molecule has 0 amide bonds. The van der Waals surface area contributed by atoms with Crippen molar-refractivity contribution < 1.29 is 0 Å². The second-order valence-electron chi connectivity index (χ2n) is 5.54. The average molecular weight is 250 g/mol. The van der Waals surface area contributed by atoms with Gasteiger partial charge in [0.15, 0.2) is 0 Å². The Morgan fingerprint density at radius 3 is 2.39 bits per heavy atom. The van der Waals surface area contributed by atoms with Gasteiger partial charge in [-0.05, 0) is 31.1 Å². The van der Waals surface area contributed by atoms with Crippen LogP contribution in [0.3, 0.4) is 0 Å². The van der Waals surface area contributed by atoms with Crippen LogP contribution in [0.5, 0.6) is 0 Å². The fraction of sp³-hybridized carbons (Fsp3) is 0.786. The number of nitrogens with two attached hydrogens (primary N) is 1. The molecule has 0 bridgehead atoms. The highest BCUT2D eigenvalue weighted by molar-refractivity contribution is 5.67. The molecule has 102 valence electrons. The van der Waals surface area contributed by atoms with Crippen LogP contribution >= 0.6 is 0 Å². The fourth-order valence-electron chi connectivity index (χ4n) is 3.16. The third-order valence-corrected chi connectivity index (χ3v) is 4.70. The van der Waals surface area contributed by atoms with Crippen molar-refractivity contribution in [1.82, 2.24) is 9.78 Å². The second kappa shape index (κ2) is 4.82. The number of hydrogen-bond acceptors (Lipinski definition) is 3. The monoisotopic (exact) mass is 250 g/mol. The molecular formula is C14H26N4. The Morgan fingerprint density at radius 2 is 1.94 bits per heavy atom. The standard InChI is InChI=1S/C14H26N4/c1-5-11-12(15)13(17(4)16-11)18-9-8-14(6-2,7-3)10-18/h5-10,15H2,1-4H3. The molecule has 0 aromatic carbocycles. The third-order valence-electron chi connectivity index (χ3n) is 4.70. The van der Waals surface area contributed by atoms with Gasteiger partial charge in [-0.15, -0.1) is 0 Å². The Hall–Kier alpha value is -1.19. The lowest BCUT2D eigenvalue weighted by atomic mass is 9.82. The molecule has 0 radical (unpaired) electrons. The van der Waals surface area contributed by atoms with Crippen molar-refractivity contribution in [2.24, 2.45) is 12.5 Å². The SMILES string of the molecule is CCc1nn(C)c(N2CCC(CC)(CC)C2)c1N. The van der Waals surface area contributed by atoms with Gasteiger partial charge in [0.1, 0.15) is 5.82 Å². The van der Waals surface area contributed by atoms with E-state index >= 15 is 0 Å². The highest BCUT2D eigenvalue weighted by Gasteiger charge is 2.36. The van der Waals surface area contributed by atoms with E-state index in [4.69, 9.17) is 5.73 Å². The van der Waals surface area contributed by atoms with Crippen molar-refractivity contribution in [3.63, 3.8) is 0 Å². The number of anilines is 2. The van der Waals surface area contributed by atoms with Gasteiger partial charge < -0.3 is 10.6 Å². The topological polar surface area (TPSA) is 47.1 Å². The van der Waals surface area contributed by atoms with Gasteiger partial charge in [-0.25, -0.2) is 0 Å². The van der Waals surface area contributed by atoms with E-state index < -0.39 is 0 Å². The number of rotatable bonds is 4. The van der Waals surface area contributed by atoms with E-state index in [0.29, 0.717) is 5.41 Å². The maximum atomic E-state index is 6.24. The molecule has 1 aromatic rings. The summed E-state index contributed by atoms with van der Waals surface area (Å²) in [6.07, 6.45) is 4.67. The van der Waals surface area contributed by atoms with E-state index in [2.05, 4.69) is 30.8 Å². The molecule has 2 rings (SSSR count).